The fraction of sp³-hybridized carbons (Fsp3) is 0.242. The molecule has 234 valence electrons. The number of likely N-dealkylation sites (tertiary alicyclic amines) is 1. The quantitative estimate of drug-likeness (QED) is 0.344. The van der Waals surface area contributed by atoms with Crippen molar-refractivity contribution in [3.63, 3.8) is 0 Å². The lowest BCUT2D eigenvalue weighted by Crippen LogP contribution is -2.54. The van der Waals surface area contributed by atoms with Gasteiger partial charge in [0.15, 0.2) is 6.19 Å². The molecule has 1 aromatic heterocycles. The number of para-hydroxylation sites is 1. The Balaban J connectivity index is 1.24. The summed E-state index contributed by atoms with van der Waals surface area (Å²) in [5.41, 5.74) is 1.89. The van der Waals surface area contributed by atoms with Gasteiger partial charge in [0.1, 0.15) is 6.54 Å². The highest BCUT2D eigenvalue weighted by molar-refractivity contribution is 6.20. The first kappa shape index (κ1) is 30.4. The van der Waals surface area contributed by atoms with Crippen molar-refractivity contribution < 1.29 is 22.8 Å². The van der Waals surface area contributed by atoms with Crippen molar-refractivity contribution in [2.75, 3.05) is 24.5 Å². The smallest absolute Gasteiger partial charge is 0.325 e. The second kappa shape index (κ2) is 12.4. The van der Waals surface area contributed by atoms with Gasteiger partial charge in [-0.3, -0.25) is 14.3 Å². The van der Waals surface area contributed by atoms with Gasteiger partial charge in [0.05, 0.1) is 17.1 Å². The van der Waals surface area contributed by atoms with Gasteiger partial charge in [-0.15, -0.1) is 0 Å². The van der Waals surface area contributed by atoms with Crippen LogP contribution in [0, 0.1) is 11.5 Å². The van der Waals surface area contributed by atoms with E-state index < -0.39 is 36.5 Å². The van der Waals surface area contributed by atoms with Crippen LogP contribution in [-0.2, 0) is 4.79 Å². The van der Waals surface area contributed by atoms with Gasteiger partial charge < -0.3 is 10.2 Å². The molecule has 0 spiro atoms. The standard InChI is InChI=1S/C33H28F3N7O3/c34-33(35,36)20-42-26-14-8-7-13-25(26)28(23-11-5-2-6-12-23)38-29(30(42)44)39-31(45)40-17-15-24(16-18-40)41-19-27(43(21-37)32(41)46)22-9-3-1-4-10-22/h1-14,19,24,29H,15-18,20H2,(H,39,45)/t29-/m0/s1. The number of urea groups is 1. The maximum absolute atomic E-state index is 13.7. The second-order valence-corrected chi connectivity index (χ2v) is 11.0. The van der Waals surface area contributed by atoms with E-state index in [2.05, 4.69) is 10.3 Å². The zero-order valence-corrected chi connectivity index (χ0v) is 24.4. The number of piperidine rings is 1. The summed E-state index contributed by atoms with van der Waals surface area (Å²) in [7, 11) is 0. The number of halogens is 3. The molecule has 3 amide bonds. The van der Waals surface area contributed by atoms with E-state index in [1.54, 1.807) is 66.9 Å². The molecule has 1 atom stereocenters. The molecule has 1 saturated heterocycles. The molecular formula is C33H28F3N7O3. The fourth-order valence-corrected chi connectivity index (χ4v) is 5.88. The zero-order chi connectivity index (χ0) is 32.4. The highest BCUT2D eigenvalue weighted by atomic mass is 19.4. The third kappa shape index (κ3) is 6.01. The number of carbonyl (C=O) groups excluding carboxylic acids is 2. The number of aliphatic imine (C=N–C) groups is 1. The maximum Gasteiger partial charge on any atom is 0.406 e. The number of benzene rings is 3. The monoisotopic (exact) mass is 627 g/mol. The number of fused-ring (bicyclic) bond motifs is 1. The summed E-state index contributed by atoms with van der Waals surface area (Å²) in [5.74, 6) is -1.02. The van der Waals surface area contributed by atoms with E-state index in [0.29, 0.717) is 40.1 Å². The van der Waals surface area contributed by atoms with Gasteiger partial charge in [0, 0.05) is 42.0 Å². The molecule has 0 radical (unpaired) electrons. The first-order valence-corrected chi connectivity index (χ1v) is 14.6. The molecule has 0 bridgehead atoms. The third-order valence-electron chi connectivity index (χ3n) is 8.08. The molecule has 1 N–H and O–H groups in total. The summed E-state index contributed by atoms with van der Waals surface area (Å²) in [6.45, 7) is -1.16. The number of nitrogens with zero attached hydrogens (tertiary/aromatic N) is 6. The number of hydrogen-bond donors (Lipinski definition) is 1. The van der Waals surface area contributed by atoms with E-state index >= 15 is 0 Å². The molecule has 2 aliphatic heterocycles. The van der Waals surface area contributed by atoms with Crippen LogP contribution in [0.5, 0.6) is 0 Å². The lowest BCUT2D eigenvalue weighted by molar-refractivity contribution is -0.133. The van der Waals surface area contributed by atoms with Crippen molar-refractivity contribution in [2.45, 2.75) is 31.2 Å². The van der Waals surface area contributed by atoms with E-state index in [-0.39, 0.29) is 30.5 Å². The number of amides is 3. The van der Waals surface area contributed by atoms with E-state index in [1.165, 1.54) is 15.5 Å². The Kier molecular flexibility index (Phi) is 8.19. The van der Waals surface area contributed by atoms with E-state index in [9.17, 15) is 32.8 Å². The summed E-state index contributed by atoms with van der Waals surface area (Å²) in [6, 6.07) is 23.0. The predicted octanol–water partition coefficient (Wildman–Crippen LogP) is 4.77. The van der Waals surface area contributed by atoms with Gasteiger partial charge in [-0.1, -0.05) is 78.9 Å². The Morgan fingerprint density at radius 2 is 1.52 bits per heavy atom. The molecule has 1 fully saturated rings. The van der Waals surface area contributed by atoms with Gasteiger partial charge in [-0.2, -0.15) is 23.0 Å². The molecule has 13 heteroatoms. The Hall–Kier alpha value is -5.64. The minimum Gasteiger partial charge on any atom is -0.325 e. The van der Waals surface area contributed by atoms with Crippen molar-refractivity contribution in [3.8, 4) is 17.5 Å². The molecule has 6 rings (SSSR count). The van der Waals surface area contributed by atoms with Crippen LogP contribution in [0.2, 0.25) is 0 Å². The Bertz CT molecular complexity index is 1890. The average molecular weight is 628 g/mol. The maximum atomic E-state index is 13.7. The molecule has 3 aromatic carbocycles. The highest BCUT2D eigenvalue weighted by Gasteiger charge is 2.40. The fourth-order valence-electron chi connectivity index (χ4n) is 5.88. The second-order valence-electron chi connectivity index (χ2n) is 11.0. The van der Waals surface area contributed by atoms with Gasteiger partial charge in [0.25, 0.3) is 5.91 Å². The average Bonchev–Trinajstić information content (AvgIpc) is 3.36. The van der Waals surface area contributed by atoms with Crippen molar-refractivity contribution in [3.05, 3.63) is 113 Å². The number of anilines is 1. The molecule has 0 saturated carbocycles. The third-order valence-corrected chi connectivity index (χ3v) is 8.08. The molecule has 0 aliphatic carbocycles. The van der Waals surface area contributed by atoms with Crippen molar-refractivity contribution in [2.24, 2.45) is 4.99 Å². The van der Waals surface area contributed by atoms with Crippen LogP contribution < -0.4 is 15.9 Å². The molecular weight excluding hydrogens is 599 g/mol. The number of alkyl halides is 3. The number of carbonyl (C=O) groups is 2. The van der Waals surface area contributed by atoms with Gasteiger partial charge >= 0.3 is 17.9 Å². The molecule has 46 heavy (non-hydrogen) atoms. The lowest BCUT2D eigenvalue weighted by Gasteiger charge is -2.33. The van der Waals surface area contributed by atoms with E-state index in [4.69, 9.17) is 0 Å². The van der Waals surface area contributed by atoms with Gasteiger partial charge in [-0.25, -0.2) is 14.6 Å². The zero-order valence-electron chi connectivity index (χ0n) is 24.4. The summed E-state index contributed by atoms with van der Waals surface area (Å²) in [6.07, 6.45) is -2.02. The number of hydrogen-bond acceptors (Lipinski definition) is 5. The van der Waals surface area contributed by atoms with Crippen molar-refractivity contribution in [1.29, 1.82) is 5.26 Å². The number of rotatable bonds is 5. The number of aromatic nitrogens is 2. The first-order chi connectivity index (χ1) is 22.1. The predicted molar refractivity (Wildman–Crippen MR) is 164 cm³/mol. The number of imidazole rings is 1. The van der Waals surface area contributed by atoms with Crippen LogP contribution in [-0.4, -0.2) is 63.7 Å². The van der Waals surface area contributed by atoms with Crippen molar-refractivity contribution in [1.82, 2.24) is 19.4 Å². The Labute approximate surface area is 261 Å². The SMILES string of the molecule is N#Cn1c(-c2ccccc2)cn(C2CCN(C(=O)N[C@@H]3N=C(c4ccccc4)c4ccccc4N(CC(F)(F)F)C3=O)CC2)c1=O. The van der Waals surface area contributed by atoms with Gasteiger partial charge in [-0.05, 0) is 18.9 Å². The molecule has 3 heterocycles. The molecule has 10 nitrogen and oxygen atoms in total. The molecule has 4 aromatic rings. The largest absolute Gasteiger partial charge is 0.406 e. The number of nitriles is 1. The molecule has 0 unspecified atom stereocenters. The van der Waals surface area contributed by atoms with Crippen LogP contribution in [0.15, 0.2) is 101 Å². The van der Waals surface area contributed by atoms with Crippen LogP contribution in [0.3, 0.4) is 0 Å². The first-order valence-electron chi connectivity index (χ1n) is 14.6. The van der Waals surface area contributed by atoms with Crippen LogP contribution in [0.25, 0.3) is 11.3 Å². The number of benzodiazepines with no additional fused rings is 1. The summed E-state index contributed by atoms with van der Waals surface area (Å²) in [4.78, 5) is 46.8. The topological polar surface area (TPSA) is 116 Å². The minimum absolute atomic E-state index is 0.0367. The van der Waals surface area contributed by atoms with Crippen LogP contribution >= 0.6 is 0 Å². The molecule has 2 aliphatic rings. The summed E-state index contributed by atoms with van der Waals surface area (Å²) in [5, 5.41) is 12.2. The van der Waals surface area contributed by atoms with Gasteiger partial charge in [0.2, 0.25) is 6.17 Å². The Morgan fingerprint density at radius 1 is 0.913 bits per heavy atom. The van der Waals surface area contributed by atoms with Crippen LogP contribution in [0.1, 0.15) is 30.0 Å². The summed E-state index contributed by atoms with van der Waals surface area (Å²) < 4.78 is 43.7. The number of nitrogens with one attached hydrogen (secondary N) is 1. The normalized spacial score (nSPS) is 17.1. The van der Waals surface area contributed by atoms with Crippen LogP contribution in [0.4, 0.5) is 23.7 Å². The summed E-state index contributed by atoms with van der Waals surface area (Å²) >= 11 is 0. The van der Waals surface area contributed by atoms with E-state index in [1.807, 2.05) is 24.4 Å². The van der Waals surface area contributed by atoms with E-state index in [0.717, 1.165) is 4.57 Å². The van der Waals surface area contributed by atoms with Crippen molar-refractivity contribution >= 4 is 23.3 Å². The lowest BCUT2D eigenvalue weighted by atomic mass is 10.0. The highest BCUT2D eigenvalue weighted by Crippen LogP contribution is 2.31. The Morgan fingerprint density at radius 3 is 2.15 bits per heavy atom. The minimum atomic E-state index is -4.71.